The number of fused-ring (bicyclic) bond motifs is 1. The summed E-state index contributed by atoms with van der Waals surface area (Å²) in [5.74, 6) is -0.0400. The lowest BCUT2D eigenvalue weighted by atomic mass is 10.0. The Bertz CT molecular complexity index is 859. The highest BCUT2D eigenvalue weighted by Crippen LogP contribution is 2.19. The molecular formula is C20H24ClN3O. The Balaban J connectivity index is 0.00000225. The van der Waals surface area contributed by atoms with Crippen molar-refractivity contribution in [3.05, 3.63) is 71.4 Å². The third-order valence-electron chi connectivity index (χ3n) is 4.31. The van der Waals surface area contributed by atoms with Crippen LogP contribution in [0, 0.1) is 6.92 Å². The molecule has 2 aromatic carbocycles. The summed E-state index contributed by atoms with van der Waals surface area (Å²) in [5, 5.41) is 1.13. The molecule has 25 heavy (non-hydrogen) atoms. The van der Waals surface area contributed by atoms with Gasteiger partial charge in [-0.3, -0.25) is 4.79 Å². The molecule has 0 aliphatic rings. The van der Waals surface area contributed by atoms with Crippen molar-refractivity contribution in [2.75, 3.05) is 7.05 Å². The summed E-state index contributed by atoms with van der Waals surface area (Å²) >= 11 is 0. The first-order valence-electron chi connectivity index (χ1n) is 8.15. The van der Waals surface area contributed by atoms with Gasteiger partial charge in [0.25, 0.3) is 0 Å². The third-order valence-corrected chi connectivity index (χ3v) is 4.31. The summed E-state index contributed by atoms with van der Waals surface area (Å²) in [5.41, 5.74) is 10.6. The minimum Gasteiger partial charge on any atom is -0.361 e. The highest BCUT2D eigenvalue weighted by atomic mass is 35.5. The van der Waals surface area contributed by atoms with E-state index in [-0.39, 0.29) is 18.3 Å². The fraction of sp³-hybridized carbons (Fsp3) is 0.250. The molecule has 1 amide bonds. The monoisotopic (exact) mass is 357 g/mol. The van der Waals surface area contributed by atoms with Gasteiger partial charge in [-0.15, -0.1) is 12.4 Å². The van der Waals surface area contributed by atoms with Gasteiger partial charge in [-0.05, 0) is 30.5 Å². The minimum atomic E-state index is -0.543. The normalized spacial score (nSPS) is 11.8. The predicted octanol–water partition coefficient (Wildman–Crippen LogP) is 3.43. The van der Waals surface area contributed by atoms with Crippen LogP contribution in [0.3, 0.4) is 0 Å². The number of aryl methyl sites for hydroxylation is 1. The SMILES string of the molecule is Cc1cccc(CN(C)C(=O)[C@@H](N)Cc2c[nH]c3ccccc23)c1.Cl. The van der Waals surface area contributed by atoms with Crippen molar-refractivity contribution < 1.29 is 4.79 Å². The molecule has 0 saturated heterocycles. The largest absolute Gasteiger partial charge is 0.361 e. The second-order valence-electron chi connectivity index (χ2n) is 6.35. The Morgan fingerprint density at radius 2 is 1.96 bits per heavy atom. The molecule has 1 atom stereocenters. The van der Waals surface area contributed by atoms with Crippen molar-refractivity contribution >= 4 is 29.2 Å². The summed E-state index contributed by atoms with van der Waals surface area (Å²) in [6, 6.07) is 15.7. The number of carbonyl (C=O) groups is 1. The van der Waals surface area contributed by atoms with Gasteiger partial charge in [0.1, 0.15) is 0 Å². The van der Waals surface area contributed by atoms with Crippen molar-refractivity contribution in [2.24, 2.45) is 5.73 Å². The molecular weight excluding hydrogens is 334 g/mol. The van der Waals surface area contributed by atoms with Crippen molar-refractivity contribution in [1.82, 2.24) is 9.88 Å². The van der Waals surface area contributed by atoms with Gasteiger partial charge in [-0.2, -0.15) is 0 Å². The van der Waals surface area contributed by atoms with Gasteiger partial charge in [-0.1, -0.05) is 48.0 Å². The fourth-order valence-corrected chi connectivity index (χ4v) is 3.07. The molecule has 0 aliphatic carbocycles. The maximum Gasteiger partial charge on any atom is 0.239 e. The van der Waals surface area contributed by atoms with Gasteiger partial charge >= 0.3 is 0 Å². The molecule has 3 aromatic rings. The second-order valence-corrected chi connectivity index (χ2v) is 6.35. The van der Waals surface area contributed by atoms with E-state index in [2.05, 4.69) is 17.1 Å². The van der Waals surface area contributed by atoms with E-state index in [0.29, 0.717) is 13.0 Å². The number of nitrogens with two attached hydrogens (primary N) is 1. The second kappa shape index (κ2) is 8.19. The Morgan fingerprint density at radius 1 is 1.20 bits per heavy atom. The molecule has 0 radical (unpaired) electrons. The number of aromatic nitrogens is 1. The first kappa shape index (κ1) is 19.0. The zero-order valence-corrected chi connectivity index (χ0v) is 15.3. The number of amides is 1. The summed E-state index contributed by atoms with van der Waals surface area (Å²) in [4.78, 5) is 17.5. The number of H-pyrrole nitrogens is 1. The van der Waals surface area contributed by atoms with E-state index >= 15 is 0 Å². The van der Waals surface area contributed by atoms with Crippen LogP contribution < -0.4 is 5.73 Å². The summed E-state index contributed by atoms with van der Waals surface area (Å²) in [6.07, 6.45) is 2.47. The van der Waals surface area contributed by atoms with Gasteiger partial charge in [0.05, 0.1) is 6.04 Å². The van der Waals surface area contributed by atoms with E-state index in [9.17, 15) is 4.79 Å². The molecule has 4 nitrogen and oxygen atoms in total. The minimum absolute atomic E-state index is 0. The summed E-state index contributed by atoms with van der Waals surface area (Å²) in [6.45, 7) is 2.62. The number of likely N-dealkylation sites (N-methyl/N-ethyl adjacent to an activating group) is 1. The number of nitrogens with zero attached hydrogens (tertiary/aromatic N) is 1. The molecule has 1 heterocycles. The van der Waals surface area contributed by atoms with E-state index in [1.807, 2.05) is 49.5 Å². The van der Waals surface area contributed by atoms with Crippen molar-refractivity contribution in [1.29, 1.82) is 0 Å². The van der Waals surface area contributed by atoms with E-state index in [0.717, 1.165) is 22.0 Å². The van der Waals surface area contributed by atoms with Crippen LogP contribution >= 0.6 is 12.4 Å². The molecule has 5 heteroatoms. The number of nitrogens with one attached hydrogen (secondary N) is 1. The number of halogens is 1. The lowest BCUT2D eigenvalue weighted by Crippen LogP contribution is -2.42. The Hall–Kier alpha value is -2.30. The van der Waals surface area contributed by atoms with Gasteiger partial charge in [0.2, 0.25) is 5.91 Å². The summed E-state index contributed by atoms with van der Waals surface area (Å²) in [7, 11) is 1.81. The first-order chi connectivity index (χ1) is 11.5. The number of hydrogen-bond acceptors (Lipinski definition) is 2. The molecule has 3 N–H and O–H groups in total. The van der Waals surface area contributed by atoms with Crippen molar-refractivity contribution in [3.63, 3.8) is 0 Å². The number of carbonyl (C=O) groups excluding carboxylic acids is 1. The molecule has 0 unspecified atom stereocenters. The smallest absolute Gasteiger partial charge is 0.239 e. The van der Waals surface area contributed by atoms with Gasteiger partial charge in [-0.25, -0.2) is 0 Å². The Morgan fingerprint density at radius 3 is 2.72 bits per heavy atom. The molecule has 0 bridgehead atoms. The highest BCUT2D eigenvalue weighted by Gasteiger charge is 2.20. The first-order valence-corrected chi connectivity index (χ1v) is 8.15. The van der Waals surface area contributed by atoms with Crippen LogP contribution in [0.2, 0.25) is 0 Å². The van der Waals surface area contributed by atoms with Crippen LogP contribution in [0.5, 0.6) is 0 Å². The number of benzene rings is 2. The van der Waals surface area contributed by atoms with Crippen LogP contribution in [0.4, 0.5) is 0 Å². The van der Waals surface area contributed by atoms with E-state index in [1.165, 1.54) is 5.56 Å². The predicted molar refractivity (Wildman–Crippen MR) is 105 cm³/mol. The molecule has 0 fully saturated rings. The quantitative estimate of drug-likeness (QED) is 0.734. The highest BCUT2D eigenvalue weighted by molar-refractivity contribution is 5.86. The number of aromatic amines is 1. The van der Waals surface area contributed by atoms with Crippen LogP contribution in [-0.4, -0.2) is 28.9 Å². The zero-order chi connectivity index (χ0) is 17.1. The third kappa shape index (κ3) is 4.41. The number of para-hydroxylation sites is 1. The standard InChI is InChI=1S/C20H23N3O.ClH/c1-14-6-5-7-15(10-14)13-23(2)20(24)18(21)11-16-12-22-19-9-4-3-8-17(16)19;/h3-10,12,18,22H,11,13,21H2,1-2H3;1H/t18-;/m0./s1. The van der Waals surface area contributed by atoms with Gasteiger partial charge in [0.15, 0.2) is 0 Å². The maximum atomic E-state index is 12.6. The molecule has 0 aliphatic heterocycles. The average Bonchev–Trinajstić information content (AvgIpc) is 2.97. The molecule has 132 valence electrons. The van der Waals surface area contributed by atoms with Crippen LogP contribution in [-0.2, 0) is 17.8 Å². The van der Waals surface area contributed by atoms with Crippen molar-refractivity contribution in [3.8, 4) is 0 Å². The summed E-state index contributed by atoms with van der Waals surface area (Å²) < 4.78 is 0. The Labute approximate surface area is 154 Å². The van der Waals surface area contributed by atoms with Gasteiger partial charge in [0, 0.05) is 30.7 Å². The lowest BCUT2D eigenvalue weighted by Gasteiger charge is -2.21. The van der Waals surface area contributed by atoms with Crippen LogP contribution in [0.15, 0.2) is 54.7 Å². The number of hydrogen-bond donors (Lipinski definition) is 2. The topological polar surface area (TPSA) is 62.1 Å². The van der Waals surface area contributed by atoms with Crippen LogP contribution in [0.25, 0.3) is 10.9 Å². The van der Waals surface area contributed by atoms with E-state index in [4.69, 9.17) is 5.73 Å². The van der Waals surface area contributed by atoms with Crippen molar-refractivity contribution in [2.45, 2.75) is 25.9 Å². The zero-order valence-electron chi connectivity index (χ0n) is 14.5. The molecule has 0 spiro atoms. The van der Waals surface area contributed by atoms with Gasteiger partial charge < -0.3 is 15.6 Å². The molecule has 0 saturated carbocycles. The Kier molecular flexibility index (Phi) is 6.23. The molecule has 3 rings (SSSR count). The average molecular weight is 358 g/mol. The molecule has 1 aromatic heterocycles. The maximum absolute atomic E-state index is 12.6. The lowest BCUT2D eigenvalue weighted by molar-refractivity contribution is -0.131. The van der Waals surface area contributed by atoms with Crippen LogP contribution in [0.1, 0.15) is 16.7 Å². The van der Waals surface area contributed by atoms with E-state index in [1.54, 1.807) is 11.9 Å². The fourth-order valence-electron chi connectivity index (χ4n) is 3.07. The van der Waals surface area contributed by atoms with E-state index < -0.39 is 6.04 Å². The number of rotatable bonds is 5.